The van der Waals surface area contributed by atoms with Gasteiger partial charge in [-0.15, -0.1) is 0 Å². The molecule has 0 spiro atoms. The first-order chi connectivity index (χ1) is 4.39. The molecule has 0 atom stereocenters. The van der Waals surface area contributed by atoms with E-state index < -0.39 is 0 Å². The minimum absolute atomic E-state index is 0. The summed E-state index contributed by atoms with van der Waals surface area (Å²) < 4.78 is 0. The van der Waals surface area contributed by atoms with Crippen LogP contribution < -0.4 is 0 Å². The van der Waals surface area contributed by atoms with E-state index in [-0.39, 0.29) is 25.8 Å². The van der Waals surface area contributed by atoms with Gasteiger partial charge in [-0.1, -0.05) is 29.8 Å². The molecule has 0 aromatic heterocycles. The Kier molecular flexibility index (Phi) is 6.76. The maximum Gasteiger partial charge on any atom is 0.0144 e. The largest absolute Gasteiger partial charge is 0.0895 e. The SMILES string of the molecule is Cl/C1=C/CC/C=C\CC1.[In]. The van der Waals surface area contributed by atoms with E-state index in [0.29, 0.717) is 0 Å². The van der Waals surface area contributed by atoms with Gasteiger partial charge in [0.05, 0.1) is 0 Å². The fraction of sp³-hybridized carbons (Fsp3) is 0.500. The second kappa shape index (κ2) is 6.36. The van der Waals surface area contributed by atoms with Gasteiger partial charge in [0.2, 0.25) is 0 Å². The van der Waals surface area contributed by atoms with Crippen LogP contribution in [0.25, 0.3) is 0 Å². The summed E-state index contributed by atoms with van der Waals surface area (Å²) in [4.78, 5) is 0. The Morgan fingerprint density at radius 2 is 1.80 bits per heavy atom. The molecule has 0 aromatic rings. The van der Waals surface area contributed by atoms with Crippen LogP contribution >= 0.6 is 11.6 Å². The van der Waals surface area contributed by atoms with Crippen LogP contribution in [0.4, 0.5) is 0 Å². The van der Waals surface area contributed by atoms with Crippen LogP contribution in [0.2, 0.25) is 0 Å². The summed E-state index contributed by atoms with van der Waals surface area (Å²) in [5.41, 5.74) is 0. The van der Waals surface area contributed by atoms with E-state index in [0.717, 1.165) is 30.7 Å². The third-order valence-corrected chi connectivity index (χ3v) is 1.76. The van der Waals surface area contributed by atoms with Crippen LogP contribution in [0.3, 0.4) is 0 Å². The molecule has 0 heterocycles. The van der Waals surface area contributed by atoms with Crippen LogP contribution in [0.15, 0.2) is 23.3 Å². The second-order valence-corrected chi connectivity index (χ2v) is 2.72. The zero-order valence-corrected chi connectivity index (χ0v) is 10.1. The first-order valence-electron chi connectivity index (χ1n) is 3.39. The third kappa shape index (κ3) is 4.45. The van der Waals surface area contributed by atoms with Gasteiger partial charge in [-0.2, -0.15) is 0 Å². The molecule has 2 heteroatoms. The predicted molar refractivity (Wildman–Crippen MR) is 47.3 cm³/mol. The maximum atomic E-state index is 5.82. The van der Waals surface area contributed by atoms with Gasteiger partial charge in [-0.3, -0.25) is 0 Å². The summed E-state index contributed by atoms with van der Waals surface area (Å²) in [6.45, 7) is 0. The fourth-order valence-electron chi connectivity index (χ4n) is 0.895. The molecule has 1 aliphatic rings. The van der Waals surface area contributed by atoms with Gasteiger partial charge in [0.25, 0.3) is 0 Å². The van der Waals surface area contributed by atoms with Crippen LogP contribution in [-0.2, 0) is 0 Å². The van der Waals surface area contributed by atoms with Gasteiger partial charge < -0.3 is 0 Å². The van der Waals surface area contributed by atoms with Crippen molar-refractivity contribution in [2.45, 2.75) is 25.7 Å². The fourth-order valence-corrected chi connectivity index (χ4v) is 1.11. The van der Waals surface area contributed by atoms with Crippen molar-refractivity contribution in [1.82, 2.24) is 0 Å². The molecule has 0 saturated heterocycles. The monoisotopic (exact) mass is 257 g/mol. The Bertz CT molecular complexity index is 138. The van der Waals surface area contributed by atoms with Crippen molar-refractivity contribution in [3.8, 4) is 0 Å². The van der Waals surface area contributed by atoms with Crippen LogP contribution in [0.1, 0.15) is 25.7 Å². The normalized spacial score (nSPS) is 26.7. The molecule has 0 bridgehead atoms. The van der Waals surface area contributed by atoms with Crippen LogP contribution in [0, 0.1) is 0 Å². The Morgan fingerprint density at radius 1 is 1.10 bits per heavy atom. The molecule has 1 aliphatic carbocycles. The van der Waals surface area contributed by atoms with Gasteiger partial charge in [0.1, 0.15) is 0 Å². The third-order valence-electron chi connectivity index (χ3n) is 1.42. The van der Waals surface area contributed by atoms with Crippen LogP contribution in [0.5, 0.6) is 0 Å². The summed E-state index contributed by atoms with van der Waals surface area (Å²) in [6, 6.07) is 0. The average molecular weight is 257 g/mol. The first kappa shape index (κ1) is 10.6. The zero-order chi connectivity index (χ0) is 6.53. The van der Waals surface area contributed by atoms with E-state index >= 15 is 0 Å². The molecule has 0 aliphatic heterocycles. The number of hydrogen-bond acceptors (Lipinski definition) is 0. The molecule has 0 amide bonds. The van der Waals surface area contributed by atoms with Crippen molar-refractivity contribution in [3.05, 3.63) is 23.3 Å². The molecule has 1 rings (SSSR count). The van der Waals surface area contributed by atoms with Gasteiger partial charge >= 0.3 is 0 Å². The van der Waals surface area contributed by atoms with Gasteiger partial charge in [0, 0.05) is 30.9 Å². The molecular formula is C8H11ClIn. The first-order valence-corrected chi connectivity index (χ1v) is 3.77. The maximum absolute atomic E-state index is 5.82. The second-order valence-electron chi connectivity index (χ2n) is 2.24. The molecule has 53 valence electrons. The van der Waals surface area contributed by atoms with Gasteiger partial charge in [-0.05, 0) is 25.7 Å². The summed E-state index contributed by atoms with van der Waals surface area (Å²) in [7, 11) is 0. The number of rotatable bonds is 0. The molecule has 3 radical (unpaired) electrons. The van der Waals surface area contributed by atoms with Crippen molar-refractivity contribution in [1.29, 1.82) is 0 Å². The molecule has 0 saturated carbocycles. The van der Waals surface area contributed by atoms with E-state index in [4.69, 9.17) is 11.6 Å². The van der Waals surface area contributed by atoms with E-state index in [1.54, 1.807) is 0 Å². The van der Waals surface area contributed by atoms with Gasteiger partial charge in [0.15, 0.2) is 0 Å². The molecule has 0 fully saturated rings. The molecule has 0 nitrogen and oxygen atoms in total. The molecule has 0 N–H and O–H groups in total. The predicted octanol–water partition coefficient (Wildman–Crippen LogP) is 2.86. The molecule has 0 unspecified atom stereocenters. The van der Waals surface area contributed by atoms with Crippen molar-refractivity contribution in [3.63, 3.8) is 0 Å². The smallest absolute Gasteiger partial charge is 0.0144 e. The molecule has 10 heavy (non-hydrogen) atoms. The topological polar surface area (TPSA) is 0 Å². The minimum atomic E-state index is 0. The minimum Gasteiger partial charge on any atom is -0.0895 e. The van der Waals surface area contributed by atoms with Crippen molar-refractivity contribution >= 4 is 37.4 Å². The van der Waals surface area contributed by atoms with Crippen molar-refractivity contribution in [2.75, 3.05) is 0 Å². The standard InChI is InChI=1S/C8H11Cl.In/c9-8-6-4-2-1-3-5-7-8;/h1-2,7H,3-6H2;/b2-1-,8-7+;. The van der Waals surface area contributed by atoms with Gasteiger partial charge in [-0.25, -0.2) is 0 Å². The van der Waals surface area contributed by atoms with Crippen molar-refractivity contribution in [2.24, 2.45) is 0 Å². The number of halogens is 1. The van der Waals surface area contributed by atoms with E-state index in [9.17, 15) is 0 Å². The zero-order valence-electron chi connectivity index (χ0n) is 6.02. The quantitative estimate of drug-likeness (QED) is 0.585. The Balaban J connectivity index is 0.000000810. The summed E-state index contributed by atoms with van der Waals surface area (Å²) in [6.07, 6.45) is 10.9. The number of allylic oxidation sites excluding steroid dienone is 4. The van der Waals surface area contributed by atoms with E-state index in [1.807, 2.05) is 0 Å². The Hall–Kier alpha value is 0.640. The number of hydrogen-bond donors (Lipinski definition) is 0. The van der Waals surface area contributed by atoms with E-state index in [2.05, 4.69) is 18.2 Å². The Morgan fingerprint density at radius 3 is 2.60 bits per heavy atom. The summed E-state index contributed by atoms with van der Waals surface area (Å²) >= 11 is 5.82. The average Bonchev–Trinajstić information content (AvgIpc) is 1.79. The Labute approximate surface area is 86.1 Å². The summed E-state index contributed by atoms with van der Waals surface area (Å²) in [5, 5.41) is 1.03. The molecule has 0 aromatic carbocycles. The molecular weight excluding hydrogens is 246 g/mol. The van der Waals surface area contributed by atoms with Crippen molar-refractivity contribution < 1.29 is 0 Å². The van der Waals surface area contributed by atoms with Crippen LogP contribution in [-0.4, -0.2) is 25.8 Å². The van der Waals surface area contributed by atoms with E-state index in [1.165, 1.54) is 0 Å². The summed E-state index contributed by atoms with van der Waals surface area (Å²) in [5.74, 6) is 0.